The van der Waals surface area contributed by atoms with Crippen molar-refractivity contribution in [2.75, 3.05) is 67.5 Å². The van der Waals surface area contributed by atoms with Crippen LogP contribution in [-0.2, 0) is 22.7 Å². The van der Waals surface area contributed by atoms with Crippen molar-refractivity contribution in [3.8, 4) is 11.1 Å². The number of rotatable bonds is 15. The molecule has 2 N–H and O–H groups in total. The van der Waals surface area contributed by atoms with Crippen molar-refractivity contribution in [3.05, 3.63) is 125 Å². The third-order valence-corrected chi connectivity index (χ3v) is 13.8. The molecule has 0 amide bonds. The Bertz CT molecular complexity index is 2430. The van der Waals surface area contributed by atoms with Crippen molar-refractivity contribution in [1.29, 1.82) is 0 Å². The highest BCUT2D eigenvalue weighted by Crippen LogP contribution is 2.38. The predicted molar refractivity (Wildman–Crippen MR) is 232 cm³/mol. The van der Waals surface area contributed by atoms with Crippen molar-refractivity contribution < 1.29 is 21.6 Å². The zero-order chi connectivity index (χ0) is 40.9. The largest absolute Gasteiger partial charge is 0.418 e. The molecule has 0 spiro atoms. The number of fused-ring (bicyclic) bond motifs is 1. The van der Waals surface area contributed by atoms with Crippen molar-refractivity contribution in [3.63, 3.8) is 0 Å². The molecule has 0 bridgehead atoms. The number of sulfonamides is 1. The molecule has 1 fully saturated rings. The molecule has 0 aliphatic carbocycles. The lowest BCUT2D eigenvalue weighted by atomic mass is 9.99. The molecule has 1 aliphatic rings. The van der Waals surface area contributed by atoms with Gasteiger partial charge in [0.1, 0.15) is 6.33 Å². The zero-order valence-electron chi connectivity index (χ0n) is 31.9. The minimum atomic E-state index is -4.81. The summed E-state index contributed by atoms with van der Waals surface area (Å²) >= 11 is 9.55. The summed E-state index contributed by atoms with van der Waals surface area (Å²) in [5.74, 6) is 0.508. The molecule has 1 aliphatic heterocycles. The van der Waals surface area contributed by atoms with E-state index < -0.39 is 26.7 Å². The fourth-order valence-corrected chi connectivity index (χ4v) is 10.0. The van der Waals surface area contributed by atoms with Gasteiger partial charge in [-0.2, -0.15) is 13.2 Å². The van der Waals surface area contributed by atoms with Crippen LogP contribution in [0, 0.1) is 0 Å². The van der Waals surface area contributed by atoms with E-state index in [0.29, 0.717) is 40.7 Å². The van der Waals surface area contributed by atoms with E-state index in [-0.39, 0.29) is 17.5 Å². The SMILES string of the molecule is CN(C)CCC(CSc1cccs1)Nc1ccc(S(=O)(=O)Nc2ncnc3cc(N4CCN(Cc5cc(Cl)ccc5-c5ccccc5)CC4)ccc23)cc1C(F)(F)F. The summed E-state index contributed by atoms with van der Waals surface area (Å²) in [6.07, 6.45) is -2.99. The van der Waals surface area contributed by atoms with Gasteiger partial charge < -0.3 is 15.1 Å². The molecular formula is C42H43ClF3N7O2S3. The molecule has 2 aromatic heterocycles. The van der Waals surface area contributed by atoms with Crippen LogP contribution in [0.5, 0.6) is 0 Å². The molecular weight excluding hydrogens is 823 g/mol. The number of benzene rings is 4. The van der Waals surface area contributed by atoms with Crippen LogP contribution < -0.4 is 14.9 Å². The molecule has 16 heteroatoms. The first-order valence-corrected chi connectivity index (χ1v) is 22.4. The van der Waals surface area contributed by atoms with Gasteiger partial charge in [0.2, 0.25) is 0 Å². The average Bonchev–Trinajstić information content (AvgIpc) is 3.73. The highest BCUT2D eigenvalue weighted by atomic mass is 35.5. The summed E-state index contributed by atoms with van der Waals surface area (Å²) in [6.45, 7) is 4.55. The van der Waals surface area contributed by atoms with Gasteiger partial charge >= 0.3 is 6.18 Å². The number of thiophene rings is 1. The summed E-state index contributed by atoms with van der Waals surface area (Å²) in [4.78, 5) is 14.7. The number of halogens is 4. The van der Waals surface area contributed by atoms with Gasteiger partial charge in [-0.1, -0.05) is 54.1 Å². The van der Waals surface area contributed by atoms with E-state index in [9.17, 15) is 21.6 Å². The van der Waals surface area contributed by atoms with E-state index in [0.717, 1.165) is 59.3 Å². The number of nitrogens with zero attached hydrogens (tertiary/aromatic N) is 5. The fourth-order valence-electron chi connectivity index (χ4n) is 6.92. The first kappa shape index (κ1) is 41.8. The molecule has 1 unspecified atom stereocenters. The number of alkyl halides is 3. The van der Waals surface area contributed by atoms with Gasteiger partial charge in [0, 0.05) is 66.3 Å². The molecule has 9 nitrogen and oxygen atoms in total. The number of aromatic nitrogens is 2. The van der Waals surface area contributed by atoms with Crippen LogP contribution in [0.2, 0.25) is 5.02 Å². The first-order valence-electron chi connectivity index (χ1n) is 18.7. The quantitative estimate of drug-likeness (QED) is 0.0980. The van der Waals surface area contributed by atoms with Crippen molar-refractivity contribution in [2.24, 2.45) is 0 Å². The lowest BCUT2D eigenvalue weighted by molar-refractivity contribution is -0.137. The molecule has 4 aromatic carbocycles. The summed E-state index contributed by atoms with van der Waals surface area (Å²) in [5, 5.41) is 6.14. The minimum Gasteiger partial charge on any atom is -0.381 e. The summed E-state index contributed by atoms with van der Waals surface area (Å²) in [7, 11) is -0.667. The van der Waals surface area contributed by atoms with Crippen LogP contribution in [0.1, 0.15) is 17.5 Å². The van der Waals surface area contributed by atoms with Gasteiger partial charge in [-0.05, 0) is 104 Å². The molecule has 1 atom stereocenters. The number of hydrogen-bond acceptors (Lipinski definition) is 10. The van der Waals surface area contributed by atoms with Crippen LogP contribution in [0.25, 0.3) is 22.0 Å². The Labute approximate surface area is 350 Å². The van der Waals surface area contributed by atoms with Gasteiger partial charge in [-0.25, -0.2) is 18.4 Å². The van der Waals surface area contributed by atoms with E-state index in [1.54, 1.807) is 29.2 Å². The normalized spacial score (nSPS) is 14.6. The van der Waals surface area contributed by atoms with Gasteiger partial charge in [0.15, 0.2) is 5.82 Å². The number of hydrogen-bond donors (Lipinski definition) is 2. The zero-order valence-corrected chi connectivity index (χ0v) is 35.1. The molecule has 1 saturated heterocycles. The number of thioether (sulfide) groups is 1. The molecule has 6 aromatic rings. The van der Waals surface area contributed by atoms with Crippen molar-refractivity contribution in [1.82, 2.24) is 19.8 Å². The minimum absolute atomic E-state index is 0.0257. The number of nitrogens with one attached hydrogen (secondary N) is 2. The smallest absolute Gasteiger partial charge is 0.381 e. The maximum absolute atomic E-state index is 14.5. The standard InChI is InChI=1S/C42H43ClF3N7O2S3/c1-51(2)17-16-32(27-57-40-9-6-22-56-40)49-38-15-12-34(25-37(38)42(44,45)46)58(54,55)50-41-36-14-11-33(24-39(36)47-28-48-41)53-20-18-52(19-21-53)26-30-23-31(43)10-13-35(30)29-7-4-3-5-8-29/h3-15,22-25,28,32,49H,16-21,26-27H2,1-2H3,(H,47,48,50). The number of anilines is 3. The van der Waals surface area contributed by atoms with Gasteiger partial charge in [-0.3, -0.25) is 9.62 Å². The van der Waals surface area contributed by atoms with Crippen LogP contribution in [0.3, 0.4) is 0 Å². The number of piperazine rings is 1. The highest BCUT2D eigenvalue weighted by Gasteiger charge is 2.36. The van der Waals surface area contributed by atoms with E-state index in [1.807, 2.05) is 79.0 Å². The lowest BCUT2D eigenvalue weighted by Gasteiger charge is -2.36. The van der Waals surface area contributed by atoms with Crippen LogP contribution in [-0.4, -0.2) is 86.8 Å². The second-order valence-electron chi connectivity index (χ2n) is 14.3. The maximum atomic E-state index is 14.5. The Morgan fingerprint density at radius 3 is 2.45 bits per heavy atom. The third kappa shape index (κ3) is 10.4. The third-order valence-electron chi connectivity index (χ3n) is 9.95. The van der Waals surface area contributed by atoms with Crippen LogP contribution in [0.4, 0.5) is 30.4 Å². The Hall–Kier alpha value is -4.38. The Balaban J connectivity index is 1.04. The summed E-state index contributed by atoms with van der Waals surface area (Å²) < 4.78 is 74.4. The van der Waals surface area contributed by atoms with Gasteiger partial charge in [-0.15, -0.1) is 23.1 Å². The Kier molecular flexibility index (Phi) is 13.2. The average molecular weight is 867 g/mol. The van der Waals surface area contributed by atoms with Crippen LogP contribution in [0.15, 0.2) is 118 Å². The Morgan fingerprint density at radius 1 is 0.931 bits per heavy atom. The van der Waals surface area contributed by atoms with E-state index in [2.05, 4.69) is 48.0 Å². The molecule has 7 rings (SSSR count). The molecule has 0 radical (unpaired) electrons. The lowest BCUT2D eigenvalue weighted by Crippen LogP contribution is -2.46. The van der Waals surface area contributed by atoms with Crippen LogP contribution >= 0.6 is 34.7 Å². The first-order chi connectivity index (χ1) is 27.8. The monoisotopic (exact) mass is 865 g/mol. The second-order valence-corrected chi connectivity index (χ2v) is 18.7. The van der Waals surface area contributed by atoms with E-state index >= 15 is 0 Å². The van der Waals surface area contributed by atoms with Gasteiger partial charge in [0.05, 0.1) is 20.2 Å². The molecule has 3 heterocycles. The fraction of sp³-hybridized carbons (Fsp3) is 0.286. The Morgan fingerprint density at radius 2 is 1.72 bits per heavy atom. The topological polar surface area (TPSA) is 93.7 Å². The summed E-state index contributed by atoms with van der Waals surface area (Å²) in [6, 6.07) is 28.4. The summed E-state index contributed by atoms with van der Waals surface area (Å²) in [5.41, 5.74) is 3.64. The van der Waals surface area contributed by atoms with Crippen molar-refractivity contribution in [2.45, 2.75) is 34.3 Å². The second kappa shape index (κ2) is 18.3. The molecule has 0 saturated carbocycles. The predicted octanol–water partition coefficient (Wildman–Crippen LogP) is 9.68. The molecule has 58 heavy (non-hydrogen) atoms. The highest BCUT2D eigenvalue weighted by molar-refractivity contribution is 8.01. The van der Waals surface area contributed by atoms with E-state index in [4.69, 9.17) is 11.6 Å². The maximum Gasteiger partial charge on any atom is 0.418 e. The van der Waals surface area contributed by atoms with Gasteiger partial charge in [0.25, 0.3) is 10.0 Å². The van der Waals surface area contributed by atoms with Crippen molar-refractivity contribution >= 4 is 72.8 Å². The molecule has 304 valence electrons. The van der Waals surface area contributed by atoms with E-state index in [1.165, 1.54) is 18.5 Å².